The van der Waals surface area contributed by atoms with Gasteiger partial charge in [-0.2, -0.15) is 4.68 Å². The first-order chi connectivity index (χ1) is 15.9. The van der Waals surface area contributed by atoms with Crippen molar-refractivity contribution in [3.63, 3.8) is 0 Å². The van der Waals surface area contributed by atoms with Gasteiger partial charge in [0.1, 0.15) is 11.2 Å². The summed E-state index contributed by atoms with van der Waals surface area (Å²) >= 11 is 0.774. The van der Waals surface area contributed by atoms with Crippen LogP contribution < -0.4 is 10.2 Å². The van der Waals surface area contributed by atoms with Gasteiger partial charge in [0.2, 0.25) is 0 Å². The molecule has 12 heteroatoms. The van der Waals surface area contributed by atoms with Gasteiger partial charge in [-0.15, -0.1) is 5.10 Å². The summed E-state index contributed by atoms with van der Waals surface area (Å²) in [5, 5.41) is 9.74. The lowest BCUT2D eigenvalue weighted by Crippen LogP contribution is -2.46. The summed E-state index contributed by atoms with van der Waals surface area (Å²) in [5.41, 5.74) is 1.15. The molecule has 0 saturated carbocycles. The van der Waals surface area contributed by atoms with Crippen molar-refractivity contribution in [1.82, 2.24) is 30.2 Å². The van der Waals surface area contributed by atoms with Gasteiger partial charge in [0, 0.05) is 38.3 Å². The molecule has 1 N–H and O–H groups in total. The number of halogens is 2. The van der Waals surface area contributed by atoms with Crippen LogP contribution in [0, 0.1) is 11.6 Å². The first kappa shape index (κ1) is 21.5. The monoisotopic (exact) mass is 471 g/mol. The van der Waals surface area contributed by atoms with Crippen LogP contribution in [0.3, 0.4) is 0 Å². The number of hydrogen-bond donors (Lipinski definition) is 1. The molecular weight excluding hydrogens is 452 g/mol. The Bertz CT molecular complexity index is 1280. The van der Waals surface area contributed by atoms with Crippen molar-refractivity contribution < 1.29 is 18.4 Å². The first-order valence-corrected chi connectivity index (χ1v) is 11.2. The number of imide groups is 1. The smallest absolute Gasteiger partial charge is 0.290 e. The number of rotatable bonds is 4. The number of amides is 2. The van der Waals surface area contributed by atoms with E-state index >= 15 is 8.78 Å². The minimum Gasteiger partial charge on any atom is -0.364 e. The summed E-state index contributed by atoms with van der Waals surface area (Å²) in [6.45, 7) is 5.54. The maximum absolute atomic E-state index is 15.0. The van der Waals surface area contributed by atoms with Gasteiger partial charge in [-0.05, 0) is 36.5 Å². The van der Waals surface area contributed by atoms with Gasteiger partial charge in [-0.1, -0.05) is 12.1 Å². The normalized spacial score (nSPS) is 18.5. The van der Waals surface area contributed by atoms with Crippen LogP contribution in [0.15, 0.2) is 29.2 Å². The van der Waals surface area contributed by atoms with Crippen molar-refractivity contribution in [3.05, 3.63) is 46.5 Å². The fraction of sp³-hybridized carbons (Fsp3) is 0.286. The Morgan fingerprint density at radius 3 is 2.48 bits per heavy atom. The number of anilines is 1. The number of benzene rings is 1. The van der Waals surface area contributed by atoms with Crippen molar-refractivity contribution in [2.75, 3.05) is 37.6 Å². The minimum atomic E-state index is -0.686. The molecule has 0 bridgehead atoms. The van der Waals surface area contributed by atoms with E-state index in [1.165, 1.54) is 22.9 Å². The van der Waals surface area contributed by atoms with Crippen LogP contribution in [-0.4, -0.2) is 68.7 Å². The van der Waals surface area contributed by atoms with Crippen LogP contribution in [0.2, 0.25) is 0 Å². The average molecular weight is 471 g/mol. The van der Waals surface area contributed by atoms with E-state index in [1.54, 1.807) is 17.0 Å². The molecule has 33 heavy (non-hydrogen) atoms. The molecular formula is C21H19F2N7O2S. The number of fused-ring (bicyclic) bond motifs is 1. The highest BCUT2D eigenvalue weighted by atomic mass is 32.2. The summed E-state index contributed by atoms with van der Waals surface area (Å²) in [7, 11) is 0. The Morgan fingerprint density at radius 2 is 1.85 bits per heavy atom. The highest BCUT2D eigenvalue weighted by molar-refractivity contribution is 8.18. The molecule has 0 spiro atoms. The molecule has 2 aromatic heterocycles. The number of pyridine rings is 1. The number of carbonyl (C=O) groups is 2. The van der Waals surface area contributed by atoms with Crippen LogP contribution in [0.25, 0.3) is 22.9 Å². The van der Waals surface area contributed by atoms with Crippen LogP contribution in [0.1, 0.15) is 12.6 Å². The zero-order valence-electron chi connectivity index (χ0n) is 17.6. The summed E-state index contributed by atoms with van der Waals surface area (Å²) in [4.78, 5) is 31.7. The van der Waals surface area contributed by atoms with E-state index < -0.39 is 22.8 Å². The van der Waals surface area contributed by atoms with Gasteiger partial charge < -0.3 is 9.80 Å². The SMILES string of the molecule is CCN1CCN(c2c(F)cc(-n3nnc4ccc(C=C5SC(=O)NC5=O)nc43)cc2F)CC1. The predicted molar refractivity (Wildman–Crippen MR) is 120 cm³/mol. The number of piperazine rings is 1. The maximum Gasteiger partial charge on any atom is 0.290 e. The average Bonchev–Trinajstić information content (AvgIpc) is 3.35. The lowest BCUT2D eigenvalue weighted by Gasteiger charge is -2.35. The van der Waals surface area contributed by atoms with Crippen molar-refractivity contribution in [2.24, 2.45) is 0 Å². The summed E-state index contributed by atoms with van der Waals surface area (Å²) < 4.78 is 31.3. The van der Waals surface area contributed by atoms with Gasteiger partial charge >= 0.3 is 0 Å². The van der Waals surface area contributed by atoms with Crippen molar-refractivity contribution in [2.45, 2.75) is 6.92 Å². The number of hydrogen-bond acceptors (Lipinski definition) is 8. The number of aromatic nitrogens is 4. The number of carbonyl (C=O) groups excluding carboxylic acids is 2. The number of nitrogens with one attached hydrogen (secondary N) is 1. The molecule has 9 nitrogen and oxygen atoms in total. The number of nitrogens with zero attached hydrogens (tertiary/aromatic N) is 6. The van der Waals surface area contributed by atoms with E-state index in [-0.39, 0.29) is 21.9 Å². The van der Waals surface area contributed by atoms with E-state index in [0.29, 0.717) is 24.3 Å². The van der Waals surface area contributed by atoms with E-state index in [2.05, 4.69) is 32.4 Å². The zero-order valence-corrected chi connectivity index (χ0v) is 18.4. The Labute approximate surface area is 191 Å². The second-order valence-corrected chi connectivity index (χ2v) is 8.63. The molecule has 1 aromatic carbocycles. The van der Waals surface area contributed by atoms with Gasteiger partial charge in [0.25, 0.3) is 11.1 Å². The van der Waals surface area contributed by atoms with E-state index in [4.69, 9.17) is 0 Å². The van der Waals surface area contributed by atoms with Crippen LogP contribution >= 0.6 is 11.8 Å². The summed E-state index contributed by atoms with van der Waals surface area (Å²) in [6, 6.07) is 5.67. The third kappa shape index (κ3) is 4.07. The maximum atomic E-state index is 15.0. The molecule has 2 aliphatic rings. The fourth-order valence-corrected chi connectivity index (χ4v) is 4.57. The number of thioether (sulfide) groups is 1. The second kappa shape index (κ2) is 8.52. The standard InChI is InChI=1S/C21H19F2N7O2S/c1-2-28-5-7-29(8-6-28)18-14(22)10-13(11-15(18)23)30-19-16(26-27-30)4-3-12(24-19)9-17-20(31)25-21(32)33-17/h3-4,9-11H,2,5-8H2,1H3,(H,25,31,32). The van der Waals surface area contributed by atoms with E-state index in [1.807, 2.05) is 0 Å². The minimum absolute atomic E-state index is 0.0498. The van der Waals surface area contributed by atoms with Crippen LogP contribution in [0.4, 0.5) is 19.3 Å². The van der Waals surface area contributed by atoms with Crippen LogP contribution in [0.5, 0.6) is 0 Å². The molecule has 5 rings (SSSR count). The molecule has 2 fully saturated rings. The summed E-state index contributed by atoms with van der Waals surface area (Å²) in [5.74, 6) is -1.87. The molecule has 2 amide bonds. The third-order valence-electron chi connectivity index (χ3n) is 5.62. The molecule has 2 aliphatic heterocycles. The second-order valence-electron chi connectivity index (χ2n) is 7.61. The molecule has 170 valence electrons. The highest BCUT2D eigenvalue weighted by Gasteiger charge is 2.26. The highest BCUT2D eigenvalue weighted by Crippen LogP contribution is 2.29. The van der Waals surface area contributed by atoms with Crippen molar-refractivity contribution in [1.29, 1.82) is 0 Å². The molecule has 4 heterocycles. The Morgan fingerprint density at radius 1 is 1.12 bits per heavy atom. The molecule has 0 aliphatic carbocycles. The van der Waals surface area contributed by atoms with Crippen LogP contribution in [-0.2, 0) is 4.79 Å². The lowest BCUT2D eigenvalue weighted by molar-refractivity contribution is -0.115. The summed E-state index contributed by atoms with van der Waals surface area (Å²) in [6.07, 6.45) is 1.46. The predicted octanol–water partition coefficient (Wildman–Crippen LogP) is 2.56. The molecule has 3 aromatic rings. The van der Waals surface area contributed by atoms with Gasteiger partial charge in [0.15, 0.2) is 17.3 Å². The topological polar surface area (TPSA) is 96.2 Å². The Hall–Kier alpha value is -3.38. The Kier molecular flexibility index (Phi) is 5.54. The fourth-order valence-electron chi connectivity index (χ4n) is 3.90. The van der Waals surface area contributed by atoms with Crippen molar-refractivity contribution >= 4 is 45.8 Å². The molecule has 0 atom stereocenters. The molecule has 0 radical (unpaired) electrons. The Balaban J connectivity index is 1.48. The van der Waals surface area contributed by atoms with E-state index in [0.717, 1.165) is 31.4 Å². The van der Waals surface area contributed by atoms with Gasteiger partial charge in [-0.3, -0.25) is 14.9 Å². The first-order valence-electron chi connectivity index (χ1n) is 10.4. The quantitative estimate of drug-likeness (QED) is 0.580. The van der Waals surface area contributed by atoms with Gasteiger partial charge in [0.05, 0.1) is 16.3 Å². The zero-order chi connectivity index (χ0) is 23.1. The lowest BCUT2D eigenvalue weighted by atomic mass is 10.2. The van der Waals surface area contributed by atoms with Crippen molar-refractivity contribution in [3.8, 4) is 5.69 Å². The third-order valence-corrected chi connectivity index (χ3v) is 6.43. The van der Waals surface area contributed by atoms with E-state index in [9.17, 15) is 9.59 Å². The molecule has 2 saturated heterocycles. The van der Waals surface area contributed by atoms with Gasteiger partial charge in [-0.25, -0.2) is 13.8 Å². The number of likely N-dealkylation sites (N-methyl/N-ethyl adjacent to an activating group) is 1. The molecule has 0 unspecified atom stereocenters. The largest absolute Gasteiger partial charge is 0.364 e.